The van der Waals surface area contributed by atoms with Gasteiger partial charge in [0, 0.05) is 24.6 Å². The average Bonchev–Trinajstić information content (AvgIpc) is 2.27. The molecular weight excluding hydrogens is 241 g/mol. The Labute approximate surface area is 94.6 Å². The van der Waals surface area contributed by atoms with E-state index in [0.29, 0.717) is 0 Å². The minimum atomic E-state index is -4.65. The first-order valence-electron chi connectivity index (χ1n) is 4.72. The second-order valence-electron chi connectivity index (χ2n) is 3.36. The molecule has 0 aliphatic rings. The third-order valence-corrected chi connectivity index (χ3v) is 2.06. The van der Waals surface area contributed by atoms with Crippen molar-refractivity contribution in [2.24, 2.45) is 0 Å². The van der Waals surface area contributed by atoms with Crippen molar-refractivity contribution in [2.45, 2.75) is 24.8 Å². The molecule has 3 N–H and O–H groups in total. The van der Waals surface area contributed by atoms with Gasteiger partial charge in [0.2, 0.25) is 5.82 Å². The van der Waals surface area contributed by atoms with Crippen molar-refractivity contribution >= 4 is 0 Å². The molecule has 5 nitrogen and oxygen atoms in total. The minimum Gasteiger partial charge on any atom is -0.396 e. The summed E-state index contributed by atoms with van der Waals surface area (Å²) < 4.78 is 36.4. The molecule has 0 saturated heterocycles. The van der Waals surface area contributed by atoms with Crippen LogP contribution in [0, 0.1) is 0 Å². The van der Waals surface area contributed by atoms with Crippen molar-refractivity contribution in [1.29, 1.82) is 0 Å². The lowest BCUT2D eigenvalue weighted by Crippen LogP contribution is -2.20. The molecular formula is C9H11F3N2O3. The van der Waals surface area contributed by atoms with Crippen LogP contribution in [0.2, 0.25) is 0 Å². The fourth-order valence-electron chi connectivity index (χ4n) is 1.15. The molecule has 96 valence electrons. The second-order valence-corrected chi connectivity index (χ2v) is 3.36. The lowest BCUT2D eigenvalue weighted by atomic mass is 10.1. The highest BCUT2D eigenvalue weighted by Gasteiger charge is 2.34. The standard InChI is InChI=1S/C9H11F3N2O3/c10-9(11,12)8-13-3-5(4-14-8)7(17)6(16)1-2-15/h3-4,6-7,15-17H,1-2H2. The van der Waals surface area contributed by atoms with Crippen LogP contribution in [-0.2, 0) is 6.18 Å². The highest BCUT2D eigenvalue weighted by Crippen LogP contribution is 2.26. The molecule has 17 heavy (non-hydrogen) atoms. The van der Waals surface area contributed by atoms with Gasteiger partial charge >= 0.3 is 6.18 Å². The van der Waals surface area contributed by atoms with E-state index in [-0.39, 0.29) is 18.6 Å². The number of aromatic nitrogens is 2. The Kier molecular flexibility index (Phi) is 4.38. The number of aliphatic hydroxyl groups excluding tert-OH is 3. The van der Waals surface area contributed by atoms with Crippen molar-refractivity contribution in [3.8, 4) is 0 Å². The maximum Gasteiger partial charge on any atom is 0.451 e. The summed E-state index contributed by atoms with van der Waals surface area (Å²) in [6.45, 7) is -0.348. The van der Waals surface area contributed by atoms with Crippen LogP contribution in [0.1, 0.15) is 23.9 Å². The molecule has 0 spiro atoms. The molecule has 0 radical (unpaired) electrons. The number of rotatable bonds is 4. The van der Waals surface area contributed by atoms with Gasteiger partial charge in [0.15, 0.2) is 0 Å². The fraction of sp³-hybridized carbons (Fsp3) is 0.556. The molecule has 0 bridgehead atoms. The van der Waals surface area contributed by atoms with Crippen molar-refractivity contribution in [3.05, 3.63) is 23.8 Å². The second kappa shape index (κ2) is 5.39. The summed E-state index contributed by atoms with van der Waals surface area (Å²) in [5, 5.41) is 27.3. The van der Waals surface area contributed by atoms with Gasteiger partial charge in [0.25, 0.3) is 0 Å². The van der Waals surface area contributed by atoms with Crippen LogP contribution in [0.5, 0.6) is 0 Å². The number of hydrogen-bond donors (Lipinski definition) is 3. The summed E-state index contributed by atoms with van der Waals surface area (Å²) in [6, 6.07) is 0. The molecule has 0 amide bonds. The number of halogens is 3. The quantitative estimate of drug-likeness (QED) is 0.716. The van der Waals surface area contributed by atoms with E-state index < -0.39 is 24.2 Å². The third-order valence-electron chi connectivity index (χ3n) is 2.06. The van der Waals surface area contributed by atoms with E-state index >= 15 is 0 Å². The smallest absolute Gasteiger partial charge is 0.396 e. The van der Waals surface area contributed by atoms with Gasteiger partial charge in [-0.1, -0.05) is 0 Å². The molecule has 0 fully saturated rings. The first-order chi connectivity index (χ1) is 7.86. The lowest BCUT2D eigenvalue weighted by molar-refractivity contribution is -0.145. The molecule has 2 atom stereocenters. The summed E-state index contributed by atoms with van der Waals surface area (Å²) in [5.41, 5.74) is -0.0426. The highest BCUT2D eigenvalue weighted by atomic mass is 19.4. The Bertz CT molecular complexity index is 355. The third kappa shape index (κ3) is 3.62. The Hall–Kier alpha value is -1.25. The van der Waals surface area contributed by atoms with Gasteiger partial charge in [-0.25, -0.2) is 9.97 Å². The van der Waals surface area contributed by atoms with Crippen LogP contribution in [0.15, 0.2) is 12.4 Å². The van der Waals surface area contributed by atoms with Gasteiger partial charge in [0.05, 0.1) is 6.10 Å². The van der Waals surface area contributed by atoms with Gasteiger partial charge in [-0.3, -0.25) is 0 Å². The van der Waals surface area contributed by atoms with E-state index in [1.807, 2.05) is 0 Å². The molecule has 0 aromatic carbocycles. The van der Waals surface area contributed by atoms with Crippen LogP contribution in [-0.4, -0.2) is 38.0 Å². The Morgan fingerprint density at radius 1 is 1.18 bits per heavy atom. The predicted molar refractivity (Wildman–Crippen MR) is 49.7 cm³/mol. The van der Waals surface area contributed by atoms with Gasteiger partial charge in [-0.15, -0.1) is 0 Å². The van der Waals surface area contributed by atoms with Gasteiger partial charge in [0.1, 0.15) is 6.10 Å². The normalized spacial score (nSPS) is 15.6. The van der Waals surface area contributed by atoms with E-state index in [1.165, 1.54) is 0 Å². The highest BCUT2D eigenvalue weighted by molar-refractivity contribution is 5.11. The van der Waals surface area contributed by atoms with E-state index in [4.69, 9.17) is 5.11 Å². The van der Waals surface area contributed by atoms with Gasteiger partial charge in [-0.05, 0) is 6.42 Å². The molecule has 0 aliphatic carbocycles. The van der Waals surface area contributed by atoms with E-state index in [9.17, 15) is 23.4 Å². The first kappa shape index (κ1) is 13.8. The Balaban J connectivity index is 2.80. The molecule has 1 aromatic heterocycles. The molecule has 1 rings (SSSR count). The maximum absolute atomic E-state index is 12.1. The van der Waals surface area contributed by atoms with Crippen LogP contribution < -0.4 is 0 Å². The molecule has 0 aliphatic heterocycles. The van der Waals surface area contributed by atoms with Crippen LogP contribution in [0.25, 0.3) is 0 Å². The SMILES string of the molecule is OCCC(O)C(O)c1cnc(C(F)(F)F)nc1. The van der Waals surface area contributed by atoms with E-state index in [0.717, 1.165) is 12.4 Å². The summed E-state index contributed by atoms with van der Waals surface area (Å²) in [5.74, 6) is -1.31. The summed E-state index contributed by atoms with van der Waals surface area (Å²) in [6.07, 6.45) is -5.86. The molecule has 0 saturated carbocycles. The average molecular weight is 252 g/mol. The minimum absolute atomic E-state index is 0.0426. The number of nitrogens with zero attached hydrogens (tertiary/aromatic N) is 2. The largest absolute Gasteiger partial charge is 0.451 e. The van der Waals surface area contributed by atoms with Gasteiger partial charge in [-0.2, -0.15) is 13.2 Å². The molecule has 2 unspecified atom stereocenters. The first-order valence-corrected chi connectivity index (χ1v) is 4.72. The number of hydrogen-bond acceptors (Lipinski definition) is 5. The summed E-state index contributed by atoms with van der Waals surface area (Å²) >= 11 is 0. The van der Waals surface area contributed by atoms with Crippen LogP contribution >= 0.6 is 0 Å². The number of aliphatic hydroxyl groups is 3. The molecule has 8 heteroatoms. The monoisotopic (exact) mass is 252 g/mol. The topological polar surface area (TPSA) is 86.5 Å². The van der Waals surface area contributed by atoms with Crippen molar-refractivity contribution < 1.29 is 28.5 Å². The van der Waals surface area contributed by atoms with E-state index in [2.05, 4.69) is 9.97 Å². The van der Waals surface area contributed by atoms with Crippen LogP contribution in [0.4, 0.5) is 13.2 Å². The maximum atomic E-state index is 12.1. The Morgan fingerprint density at radius 3 is 2.12 bits per heavy atom. The molecule has 1 heterocycles. The zero-order chi connectivity index (χ0) is 13.1. The van der Waals surface area contributed by atoms with E-state index in [1.54, 1.807) is 0 Å². The van der Waals surface area contributed by atoms with Crippen LogP contribution in [0.3, 0.4) is 0 Å². The lowest BCUT2D eigenvalue weighted by Gasteiger charge is -2.16. The summed E-state index contributed by atoms with van der Waals surface area (Å²) in [7, 11) is 0. The van der Waals surface area contributed by atoms with Crippen molar-refractivity contribution in [1.82, 2.24) is 9.97 Å². The Morgan fingerprint density at radius 2 is 1.71 bits per heavy atom. The predicted octanol–water partition coefficient (Wildman–Crippen LogP) is 0.272. The van der Waals surface area contributed by atoms with Crippen molar-refractivity contribution in [2.75, 3.05) is 6.61 Å². The fourth-order valence-corrected chi connectivity index (χ4v) is 1.15. The molecule has 1 aromatic rings. The summed E-state index contributed by atoms with van der Waals surface area (Å²) in [4.78, 5) is 6.09. The van der Waals surface area contributed by atoms with Crippen molar-refractivity contribution in [3.63, 3.8) is 0 Å². The zero-order valence-corrected chi connectivity index (χ0v) is 8.59. The number of alkyl halides is 3. The zero-order valence-electron chi connectivity index (χ0n) is 8.59. The van der Waals surface area contributed by atoms with Gasteiger partial charge < -0.3 is 15.3 Å².